The first-order valence-corrected chi connectivity index (χ1v) is 7.07. The Morgan fingerprint density at radius 1 is 1.42 bits per heavy atom. The van der Waals surface area contributed by atoms with Crippen molar-refractivity contribution in [1.82, 2.24) is 14.9 Å². The van der Waals surface area contributed by atoms with Gasteiger partial charge in [0.25, 0.3) is 0 Å². The number of thiophene rings is 1. The van der Waals surface area contributed by atoms with Gasteiger partial charge < -0.3 is 5.43 Å². The normalized spacial score (nSPS) is 10.9. The lowest BCUT2D eigenvalue weighted by Gasteiger charge is -2.15. The second kappa shape index (κ2) is 6.60. The quantitative estimate of drug-likeness (QED) is 0.622. The average Bonchev–Trinajstić information content (AvgIpc) is 2.88. The van der Waals surface area contributed by atoms with Gasteiger partial charge in [0, 0.05) is 23.2 Å². The van der Waals surface area contributed by atoms with Crippen LogP contribution in [0.2, 0.25) is 0 Å². The molecular weight excluding hydrogens is 258 g/mol. The summed E-state index contributed by atoms with van der Waals surface area (Å²) in [5.74, 6) is 6.84. The summed E-state index contributed by atoms with van der Waals surface area (Å²) < 4.78 is 0. The Morgan fingerprint density at radius 3 is 2.95 bits per heavy atom. The van der Waals surface area contributed by atoms with Crippen molar-refractivity contribution in [3.63, 3.8) is 0 Å². The van der Waals surface area contributed by atoms with Crippen molar-refractivity contribution < 1.29 is 0 Å². The summed E-state index contributed by atoms with van der Waals surface area (Å²) >= 11 is 1.80. The number of aryl methyl sites for hydroxylation is 1. The molecule has 0 aliphatic rings. The number of anilines is 1. The molecule has 0 spiro atoms. The van der Waals surface area contributed by atoms with Crippen molar-refractivity contribution in [2.45, 2.75) is 19.9 Å². The zero-order valence-electron chi connectivity index (χ0n) is 11.3. The van der Waals surface area contributed by atoms with Crippen LogP contribution in [0, 0.1) is 6.92 Å². The Morgan fingerprint density at radius 2 is 2.26 bits per heavy atom. The van der Waals surface area contributed by atoms with E-state index >= 15 is 0 Å². The van der Waals surface area contributed by atoms with Crippen LogP contribution in [0.5, 0.6) is 0 Å². The van der Waals surface area contributed by atoms with E-state index in [-0.39, 0.29) is 0 Å². The van der Waals surface area contributed by atoms with Gasteiger partial charge in [-0.25, -0.2) is 15.8 Å². The highest BCUT2D eigenvalue weighted by molar-refractivity contribution is 7.09. The fraction of sp³-hybridized carbons (Fsp3) is 0.385. The molecule has 5 nitrogen and oxygen atoms in total. The smallest absolute Gasteiger partial charge is 0.144 e. The predicted octanol–water partition coefficient (Wildman–Crippen LogP) is 1.81. The van der Waals surface area contributed by atoms with E-state index in [1.807, 2.05) is 13.0 Å². The van der Waals surface area contributed by atoms with Crippen molar-refractivity contribution in [3.8, 4) is 0 Å². The van der Waals surface area contributed by atoms with Crippen LogP contribution in [-0.2, 0) is 13.0 Å². The molecule has 0 amide bonds. The first kappa shape index (κ1) is 13.9. The Kier molecular flexibility index (Phi) is 4.84. The number of nitrogen functional groups attached to an aromatic ring is 1. The number of rotatable bonds is 6. The molecule has 2 aromatic heterocycles. The topological polar surface area (TPSA) is 67.1 Å². The zero-order valence-corrected chi connectivity index (χ0v) is 12.1. The molecule has 0 aliphatic heterocycles. The lowest BCUT2D eigenvalue weighted by atomic mass is 10.3. The van der Waals surface area contributed by atoms with Gasteiger partial charge in [0.1, 0.15) is 11.6 Å². The molecule has 6 heteroatoms. The summed E-state index contributed by atoms with van der Waals surface area (Å²) in [6.45, 7) is 3.66. The van der Waals surface area contributed by atoms with E-state index in [2.05, 4.69) is 44.9 Å². The molecule has 0 bridgehead atoms. The SMILES string of the molecule is Cc1cc(NN)nc(CN(C)CCc2cccs2)n1. The molecule has 0 fully saturated rings. The van der Waals surface area contributed by atoms with E-state index in [1.165, 1.54) is 4.88 Å². The maximum Gasteiger partial charge on any atom is 0.144 e. The molecule has 2 heterocycles. The Labute approximate surface area is 117 Å². The molecule has 0 radical (unpaired) electrons. The number of likely N-dealkylation sites (N-methyl/N-ethyl adjacent to an activating group) is 1. The molecule has 2 rings (SSSR count). The third-order valence-corrected chi connectivity index (χ3v) is 3.72. The number of aromatic nitrogens is 2. The summed E-state index contributed by atoms with van der Waals surface area (Å²) in [6, 6.07) is 6.08. The summed E-state index contributed by atoms with van der Waals surface area (Å²) in [7, 11) is 2.08. The molecule has 0 aliphatic carbocycles. The van der Waals surface area contributed by atoms with Gasteiger partial charge in [0.2, 0.25) is 0 Å². The molecule has 102 valence electrons. The van der Waals surface area contributed by atoms with E-state index in [1.54, 1.807) is 11.3 Å². The van der Waals surface area contributed by atoms with Crippen LogP contribution in [0.4, 0.5) is 5.82 Å². The lowest BCUT2D eigenvalue weighted by Crippen LogP contribution is -2.22. The van der Waals surface area contributed by atoms with Crippen molar-refractivity contribution in [2.75, 3.05) is 19.0 Å². The number of hydrazine groups is 1. The second-order valence-electron chi connectivity index (χ2n) is 4.52. The monoisotopic (exact) mass is 277 g/mol. The molecule has 0 unspecified atom stereocenters. The first-order chi connectivity index (χ1) is 9.17. The van der Waals surface area contributed by atoms with Crippen molar-refractivity contribution in [3.05, 3.63) is 40.0 Å². The third kappa shape index (κ3) is 4.27. The van der Waals surface area contributed by atoms with E-state index in [0.717, 1.165) is 31.0 Å². The lowest BCUT2D eigenvalue weighted by molar-refractivity contribution is 0.323. The van der Waals surface area contributed by atoms with E-state index < -0.39 is 0 Å². The zero-order chi connectivity index (χ0) is 13.7. The van der Waals surface area contributed by atoms with E-state index in [0.29, 0.717) is 5.82 Å². The highest BCUT2D eigenvalue weighted by Gasteiger charge is 2.06. The van der Waals surface area contributed by atoms with Crippen LogP contribution < -0.4 is 11.3 Å². The molecule has 2 aromatic rings. The Hall–Kier alpha value is -1.50. The van der Waals surface area contributed by atoms with Gasteiger partial charge in [-0.05, 0) is 31.8 Å². The molecule has 0 saturated carbocycles. The van der Waals surface area contributed by atoms with Crippen molar-refractivity contribution >= 4 is 17.2 Å². The maximum absolute atomic E-state index is 5.39. The summed E-state index contributed by atoms with van der Waals surface area (Å²) in [6.07, 6.45) is 1.06. The van der Waals surface area contributed by atoms with Gasteiger partial charge in [-0.15, -0.1) is 11.3 Å². The number of nitrogens with two attached hydrogens (primary N) is 1. The Bertz CT molecular complexity index is 512. The van der Waals surface area contributed by atoms with Crippen LogP contribution in [0.15, 0.2) is 23.6 Å². The van der Waals surface area contributed by atoms with Gasteiger partial charge in [0.15, 0.2) is 0 Å². The highest BCUT2D eigenvalue weighted by atomic mass is 32.1. The van der Waals surface area contributed by atoms with Crippen molar-refractivity contribution in [1.29, 1.82) is 0 Å². The fourth-order valence-corrected chi connectivity index (χ4v) is 2.55. The average molecular weight is 277 g/mol. The molecule has 19 heavy (non-hydrogen) atoms. The van der Waals surface area contributed by atoms with Crippen LogP contribution in [0.1, 0.15) is 16.4 Å². The van der Waals surface area contributed by atoms with Gasteiger partial charge >= 0.3 is 0 Å². The third-order valence-electron chi connectivity index (χ3n) is 2.78. The molecule has 0 atom stereocenters. The van der Waals surface area contributed by atoms with E-state index in [4.69, 9.17) is 5.84 Å². The first-order valence-electron chi connectivity index (χ1n) is 6.19. The predicted molar refractivity (Wildman–Crippen MR) is 78.9 cm³/mol. The van der Waals surface area contributed by atoms with Gasteiger partial charge in [0.05, 0.1) is 6.54 Å². The molecular formula is C13H19N5S. The Balaban J connectivity index is 1.91. The summed E-state index contributed by atoms with van der Waals surface area (Å²) in [5.41, 5.74) is 3.49. The highest BCUT2D eigenvalue weighted by Crippen LogP contribution is 2.10. The van der Waals surface area contributed by atoms with Gasteiger partial charge in [-0.1, -0.05) is 6.07 Å². The fourth-order valence-electron chi connectivity index (χ4n) is 1.85. The van der Waals surface area contributed by atoms with Crippen molar-refractivity contribution in [2.24, 2.45) is 5.84 Å². The minimum Gasteiger partial charge on any atom is -0.308 e. The second-order valence-corrected chi connectivity index (χ2v) is 5.55. The summed E-state index contributed by atoms with van der Waals surface area (Å²) in [5, 5.41) is 2.11. The summed E-state index contributed by atoms with van der Waals surface area (Å²) in [4.78, 5) is 12.4. The minimum atomic E-state index is 0.661. The number of nitrogens with one attached hydrogen (secondary N) is 1. The largest absolute Gasteiger partial charge is 0.308 e. The van der Waals surface area contributed by atoms with E-state index in [9.17, 15) is 0 Å². The van der Waals surface area contributed by atoms with Crippen LogP contribution in [0.3, 0.4) is 0 Å². The van der Waals surface area contributed by atoms with Crippen LogP contribution in [0.25, 0.3) is 0 Å². The van der Waals surface area contributed by atoms with Crippen LogP contribution in [-0.4, -0.2) is 28.5 Å². The molecule has 0 aromatic carbocycles. The van der Waals surface area contributed by atoms with Crippen LogP contribution >= 0.6 is 11.3 Å². The molecule has 3 N–H and O–H groups in total. The number of nitrogens with zero attached hydrogens (tertiary/aromatic N) is 3. The number of hydrogen-bond acceptors (Lipinski definition) is 6. The van der Waals surface area contributed by atoms with Gasteiger partial charge in [-0.3, -0.25) is 4.90 Å². The number of hydrogen-bond donors (Lipinski definition) is 2. The maximum atomic E-state index is 5.39. The minimum absolute atomic E-state index is 0.661. The standard InChI is InChI=1S/C13H19N5S/c1-10-8-12(17-14)16-13(15-10)9-18(2)6-5-11-4-3-7-19-11/h3-4,7-8H,5-6,9,14H2,1-2H3,(H,15,16,17). The molecule has 0 saturated heterocycles. The van der Waals surface area contributed by atoms with Gasteiger partial charge in [-0.2, -0.15) is 0 Å².